The van der Waals surface area contributed by atoms with Crippen molar-refractivity contribution < 1.29 is 4.79 Å². The summed E-state index contributed by atoms with van der Waals surface area (Å²) >= 11 is 0. The molecule has 0 saturated heterocycles. The van der Waals surface area contributed by atoms with E-state index in [2.05, 4.69) is 5.32 Å². The van der Waals surface area contributed by atoms with Gasteiger partial charge in [0.25, 0.3) is 5.91 Å². The summed E-state index contributed by atoms with van der Waals surface area (Å²) in [5, 5.41) is 17.2. The van der Waals surface area contributed by atoms with Gasteiger partial charge in [-0.1, -0.05) is 66.7 Å². The molecule has 0 aliphatic heterocycles. The summed E-state index contributed by atoms with van der Waals surface area (Å²) < 4.78 is 1.75. The van der Waals surface area contributed by atoms with Crippen molar-refractivity contribution in [2.75, 3.05) is 5.32 Å². The van der Waals surface area contributed by atoms with Crippen molar-refractivity contribution in [1.29, 1.82) is 5.26 Å². The molecule has 1 aromatic heterocycles. The first-order valence-corrected chi connectivity index (χ1v) is 9.85. The number of para-hydroxylation sites is 2. The highest BCUT2D eigenvalue weighted by Gasteiger charge is 2.15. The quantitative estimate of drug-likeness (QED) is 0.358. The number of carbonyl (C=O) groups is 1. The summed E-state index contributed by atoms with van der Waals surface area (Å²) in [4.78, 5) is 12.8. The summed E-state index contributed by atoms with van der Waals surface area (Å²) in [5.41, 5.74) is 4.79. The third-order valence-corrected chi connectivity index (χ3v) is 4.87. The molecule has 1 heterocycles. The third-order valence-electron chi connectivity index (χ3n) is 4.87. The summed E-state index contributed by atoms with van der Waals surface area (Å²) in [7, 11) is 0. The molecule has 0 fully saturated rings. The van der Waals surface area contributed by atoms with Crippen LogP contribution in [0.3, 0.4) is 0 Å². The zero-order valence-corrected chi connectivity index (χ0v) is 17.0. The third kappa shape index (κ3) is 4.44. The Hall–Kier alpha value is -4.43. The number of anilines is 1. The van der Waals surface area contributed by atoms with Gasteiger partial charge >= 0.3 is 0 Å². The van der Waals surface area contributed by atoms with Crippen LogP contribution in [-0.4, -0.2) is 15.7 Å². The predicted molar refractivity (Wildman–Crippen MR) is 122 cm³/mol. The van der Waals surface area contributed by atoms with E-state index in [0.29, 0.717) is 16.9 Å². The van der Waals surface area contributed by atoms with Crippen molar-refractivity contribution in [2.24, 2.45) is 0 Å². The van der Waals surface area contributed by atoms with E-state index in [-0.39, 0.29) is 5.57 Å². The molecule has 0 atom stereocenters. The van der Waals surface area contributed by atoms with Crippen LogP contribution < -0.4 is 5.32 Å². The van der Waals surface area contributed by atoms with E-state index in [4.69, 9.17) is 5.10 Å². The average molecular weight is 404 g/mol. The molecule has 5 nitrogen and oxygen atoms in total. The second-order valence-corrected chi connectivity index (χ2v) is 7.02. The van der Waals surface area contributed by atoms with Crippen LogP contribution in [0.4, 0.5) is 5.69 Å². The Bertz CT molecular complexity index is 1280. The van der Waals surface area contributed by atoms with Gasteiger partial charge < -0.3 is 5.32 Å². The first kappa shape index (κ1) is 19.9. The molecule has 0 spiro atoms. The van der Waals surface area contributed by atoms with Crippen molar-refractivity contribution in [3.63, 3.8) is 0 Å². The van der Waals surface area contributed by atoms with Gasteiger partial charge in [-0.05, 0) is 36.8 Å². The van der Waals surface area contributed by atoms with Crippen molar-refractivity contribution in [3.8, 4) is 23.0 Å². The van der Waals surface area contributed by atoms with Gasteiger partial charge in [-0.3, -0.25) is 4.79 Å². The standard InChI is InChI=1S/C26H20N4O/c1-19-10-8-9-15-24(19)28-26(31)21(17-27)16-22-18-30(23-13-6-3-7-14-23)29-25(22)20-11-4-2-5-12-20/h2-16,18H,1H3,(H,28,31)/b21-16+. The molecule has 0 saturated carbocycles. The second kappa shape index (κ2) is 8.93. The lowest BCUT2D eigenvalue weighted by Crippen LogP contribution is -2.14. The number of rotatable bonds is 5. The molecule has 1 N–H and O–H groups in total. The van der Waals surface area contributed by atoms with Gasteiger partial charge in [-0.15, -0.1) is 0 Å². The van der Waals surface area contributed by atoms with Crippen molar-refractivity contribution in [2.45, 2.75) is 6.92 Å². The molecular weight excluding hydrogens is 384 g/mol. The second-order valence-electron chi connectivity index (χ2n) is 7.02. The molecule has 3 aromatic carbocycles. The van der Waals surface area contributed by atoms with Gasteiger partial charge in [0.05, 0.1) is 11.4 Å². The van der Waals surface area contributed by atoms with E-state index in [1.165, 1.54) is 0 Å². The molecule has 5 heteroatoms. The van der Waals surface area contributed by atoms with Gasteiger partial charge in [0, 0.05) is 23.0 Å². The normalized spacial score (nSPS) is 11.0. The lowest BCUT2D eigenvalue weighted by molar-refractivity contribution is -0.112. The Morgan fingerprint density at radius 3 is 2.29 bits per heavy atom. The maximum absolute atomic E-state index is 12.8. The number of carbonyl (C=O) groups excluding carboxylic acids is 1. The minimum Gasteiger partial charge on any atom is -0.321 e. The molecule has 0 unspecified atom stereocenters. The number of amides is 1. The van der Waals surface area contributed by atoms with Gasteiger partial charge in [-0.25, -0.2) is 4.68 Å². The largest absolute Gasteiger partial charge is 0.321 e. The summed E-state index contributed by atoms with van der Waals surface area (Å²) in [6.45, 7) is 1.91. The molecule has 0 bridgehead atoms. The number of hydrogen-bond acceptors (Lipinski definition) is 3. The molecule has 4 rings (SSSR count). The van der Waals surface area contributed by atoms with Crippen LogP contribution in [0.2, 0.25) is 0 Å². The van der Waals surface area contributed by atoms with Gasteiger partial charge in [0.15, 0.2) is 0 Å². The predicted octanol–water partition coefficient (Wildman–Crippen LogP) is 5.39. The Kier molecular flexibility index (Phi) is 5.72. The zero-order valence-electron chi connectivity index (χ0n) is 17.0. The van der Waals surface area contributed by atoms with Crippen molar-refractivity contribution >= 4 is 17.7 Å². The van der Waals surface area contributed by atoms with Gasteiger partial charge in [0.1, 0.15) is 11.6 Å². The fourth-order valence-corrected chi connectivity index (χ4v) is 3.23. The van der Waals surface area contributed by atoms with Crippen molar-refractivity contribution in [1.82, 2.24) is 9.78 Å². The Morgan fingerprint density at radius 2 is 1.61 bits per heavy atom. The molecule has 4 aromatic rings. The zero-order chi connectivity index (χ0) is 21.6. The number of benzene rings is 3. The van der Waals surface area contributed by atoms with E-state index >= 15 is 0 Å². The maximum atomic E-state index is 12.8. The van der Waals surface area contributed by atoms with Crippen LogP contribution >= 0.6 is 0 Å². The SMILES string of the molecule is Cc1ccccc1NC(=O)/C(C#N)=C/c1cn(-c2ccccc2)nc1-c1ccccc1. The molecule has 0 aliphatic rings. The molecule has 0 aliphatic carbocycles. The number of hydrogen-bond donors (Lipinski definition) is 1. The highest BCUT2D eigenvalue weighted by atomic mass is 16.1. The van der Waals surface area contributed by atoms with Gasteiger partial charge in [0.2, 0.25) is 0 Å². The highest BCUT2D eigenvalue weighted by Crippen LogP contribution is 2.26. The van der Waals surface area contributed by atoms with Crippen molar-refractivity contribution in [3.05, 3.63) is 108 Å². The Balaban J connectivity index is 1.75. The number of nitrogens with one attached hydrogen (secondary N) is 1. The first-order valence-electron chi connectivity index (χ1n) is 9.85. The molecular formula is C26H20N4O. The topological polar surface area (TPSA) is 70.7 Å². The van der Waals surface area contributed by atoms with Crippen LogP contribution in [0.1, 0.15) is 11.1 Å². The minimum absolute atomic E-state index is 0.00745. The Morgan fingerprint density at radius 1 is 0.968 bits per heavy atom. The number of nitriles is 1. The summed E-state index contributed by atoms with van der Waals surface area (Å²) in [6.07, 6.45) is 3.42. The molecule has 150 valence electrons. The minimum atomic E-state index is -0.455. The van der Waals surface area contributed by atoms with Crippen LogP contribution in [0.25, 0.3) is 23.0 Å². The van der Waals surface area contributed by atoms with E-state index in [0.717, 1.165) is 16.8 Å². The fraction of sp³-hybridized carbons (Fsp3) is 0.0385. The number of aryl methyl sites for hydroxylation is 1. The Labute approximate surface area is 180 Å². The lowest BCUT2D eigenvalue weighted by Gasteiger charge is -2.07. The number of nitrogens with zero attached hydrogens (tertiary/aromatic N) is 3. The average Bonchev–Trinajstić information content (AvgIpc) is 3.24. The summed E-state index contributed by atoms with van der Waals surface area (Å²) in [6, 6.07) is 28.9. The summed E-state index contributed by atoms with van der Waals surface area (Å²) in [5.74, 6) is -0.455. The van der Waals surface area contributed by atoms with E-state index in [9.17, 15) is 10.1 Å². The van der Waals surface area contributed by atoms with Crippen LogP contribution in [0, 0.1) is 18.3 Å². The fourth-order valence-electron chi connectivity index (χ4n) is 3.23. The molecule has 31 heavy (non-hydrogen) atoms. The first-order chi connectivity index (χ1) is 15.2. The highest BCUT2D eigenvalue weighted by molar-refractivity contribution is 6.10. The molecule has 0 radical (unpaired) electrons. The van der Waals surface area contributed by atoms with Crippen LogP contribution in [-0.2, 0) is 4.79 Å². The lowest BCUT2D eigenvalue weighted by atomic mass is 10.1. The number of aromatic nitrogens is 2. The monoisotopic (exact) mass is 404 g/mol. The van der Waals surface area contributed by atoms with E-state index < -0.39 is 5.91 Å². The van der Waals surface area contributed by atoms with E-state index in [1.807, 2.05) is 104 Å². The van der Waals surface area contributed by atoms with E-state index in [1.54, 1.807) is 10.8 Å². The molecule has 1 amide bonds. The maximum Gasteiger partial charge on any atom is 0.266 e. The smallest absolute Gasteiger partial charge is 0.266 e. The van der Waals surface area contributed by atoms with Crippen LogP contribution in [0.15, 0.2) is 96.7 Å². The van der Waals surface area contributed by atoms with Gasteiger partial charge in [-0.2, -0.15) is 10.4 Å². The van der Waals surface area contributed by atoms with Crippen LogP contribution in [0.5, 0.6) is 0 Å².